The fourth-order valence-corrected chi connectivity index (χ4v) is 3.40. The van der Waals surface area contributed by atoms with Crippen LogP contribution in [0.1, 0.15) is 45.1 Å². The standard InChI is InChI=1S/C20H32N2O2/c1-15(18-5-4-12-21-14-18)13-20(23)22-16(2)6-7-17-8-10-19(24-3)11-9-17/h8-11,15-16,18,21H,4-7,12-14H2,1-3H3,(H,22,23). The maximum Gasteiger partial charge on any atom is 0.220 e. The highest BCUT2D eigenvalue weighted by Crippen LogP contribution is 2.22. The van der Waals surface area contributed by atoms with Gasteiger partial charge in [0.2, 0.25) is 5.91 Å². The van der Waals surface area contributed by atoms with E-state index >= 15 is 0 Å². The van der Waals surface area contributed by atoms with Crippen LogP contribution in [-0.2, 0) is 11.2 Å². The summed E-state index contributed by atoms with van der Waals surface area (Å²) in [6, 6.07) is 8.35. The first-order chi connectivity index (χ1) is 11.6. The van der Waals surface area contributed by atoms with Gasteiger partial charge in [-0.15, -0.1) is 0 Å². The number of rotatable bonds is 8. The molecule has 1 amide bonds. The van der Waals surface area contributed by atoms with E-state index in [4.69, 9.17) is 4.74 Å². The van der Waals surface area contributed by atoms with E-state index in [9.17, 15) is 4.79 Å². The minimum Gasteiger partial charge on any atom is -0.497 e. The molecule has 0 aromatic heterocycles. The molecule has 2 N–H and O–H groups in total. The molecule has 1 aliphatic rings. The van der Waals surface area contributed by atoms with E-state index in [0.29, 0.717) is 18.3 Å². The third-order valence-corrected chi connectivity index (χ3v) is 5.08. The Bertz CT molecular complexity index is 495. The number of carbonyl (C=O) groups is 1. The van der Waals surface area contributed by atoms with Crippen molar-refractivity contribution in [2.24, 2.45) is 11.8 Å². The normalized spacial score (nSPS) is 20.2. The Kier molecular flexibility index (Phi) is 7.57. The molecule has 134 valence electrons. The Morgan fingerprint density at radius 3 is 2.71 bits per heavy atom. The van der Waals surface area contributed by atoms with Gasteiger partial charge in [-0.3, -0.25) is 4.79 Å². The fourth-order valence-electron chi connectivity index (χ4n) is 3.40. The third-order valence-electron chi connectivity index (χ3n) is 5.08. The van der Waals surface area contributed by atoms with Crippen LogP contribution in [0.2, 0.25) is 0 Å². The molecule has 24 heavy (non-hydrogen) atoms. The molecule has 4 nitrogen and oxygen atoms in total. The molecular weight excluding hydrogens is 300 g/mol. The van der Waals surface area contributed by atoms with Crippen LogP contribution in [0.5, 0.6) is 5.75 Å². The smallest absolute Gasteiger partial charge is 0.220 e. The second-order valence-corrected chi connectivity index (χ2v) is 7.14. The van der Waals surface area contributed by atoms with Gasteiger partial charge in [0.1, 0.15) is 5.75 Å². The molecule has 4 heteroatoms. The highest BCUT2D eigenvalue weighted by Gasteiger charge is 2.22. The van der Waals surface area contributed by atoms with Crippen molar-refractivity contribution in [1.29, 1.82) is 0 Å². The summed E-state index contributed by atoms with van der Waals surface area (Å²) >= 11 is 0. The molecule has 1 aliphatic heterocycles. The second kappa shape index (κ2) is 9.67. The lowest BCUT2D eigenvalue weighted by Gasteiger charge is -2.28. The number of hydrogen-bond donors (Lipinski definition) is 2. The van der Waals surface area contributed by atoms with Crippen molar-refractivity contribution in [3.63, 3.8) is 0 Å². The van der Waals surface area contributed by atoms with Crippen LogP contribution in [0.15, 0.2) is 24.3 Å². The van der Waals surface area contributed by atoms with Crippen LogP contribution < -0.4 is 15.4 Å². The molecule has 0 saturated carbocycles. The van der Waals surface area contributed by atoms with Crippen LogP contribution in [0.25, 0.3) is 0 Å². The minimum atomic E-state index is 0.190. The molecule has 1 fully saturated rings. The number of aryl methyl sites for hydroxylation is 1. The van der Waals surface area contributed by atoms with E-state index in [2.05, 4.69) is 36.6 Å². The summed E-state index contributed by atoms with van der Waals surface area (Å²) < 4.78 is 5.17. The topological polar surface area (TPSA) is 50.4 Å². The fraction of sp³-hybridized carbons (Fsp3) is 0.650. The summed E-state index contributed by atoms with van der Waals surface area (Å²) in [4.78, 5) is 12.3. The average Bonchev–Trinajstić information content (AvgIpc) is 2.61. The average molecular weight is 332 g/mol. The lowest BCUT2D eigenvalue weighted by Crippen LogP contribution is -2.37. The van der Waals surface area contributed by atoms with E-state index in [0.717, 1.165) is 31.7 Å². The number of nitrogens with one attached hydrogen (secondary N) is 2. The number of methoxy groups -OCH3 is 1. The van der Waals surface area contributed by atoms with Crippen LogP contribution in [-0.4, -0.2) is 32.1 Å². The Labute approximate surface area is 146 Å². The first-order valence-electron chi connectivity index (χ1n) is 9.21. The van der Waals surface area contributed by atoms with Crippen LogP contribution in [0.3, 0.4) is 0 Å². The quantitative estimate of drug-likeness (QED) is 0.769. The van der Waals surface area contributed by atoms with Gasteiger partial charge in [-0.05, 0) is 75.2 Å². The molecule has 1 aromatic carbocycles. The monoisotopic (exact) mass is 332 g/mol. The molecule has 0 radical (unpaired) electrons. The maximum atomic E-state index is 12.3. The van der Waals surface area contributed by atoms with Crippen molar-refractivity contribution in [2.75, 3.05) is 20.2 Å². The zero-order valence-electron chi connectivity index (χ0n) is 15.3. The van der Waals surface area contributed by atoms with Crippen molar-refractivity contribution < 1.29 is 9.53 Å². The third kappa shape index (κ3) is 6.16. The van der Waals surface area contributed by atoms with Gasteiger partial charge in [0, 0.05) is 12.5 Å². The molecule has 3 unspecified atom stereocenters. The van der Waals surface area contributed by atoms with Crippen LogP contribution in [0.4, 0.5) is 0 Å². The number of amides is 1. The van der Waals surface area contributed by atoms with Gasteiger partial charge in [-0.1, -0.05) is 19.1 Å². The highest BCUT2D eigenvalue weighted by molar-refractivity contribution is 5.76. The second-order valence-electron chi connectivity index (χ2n) is 7.14. The molecular formula is C20H32N2O2. The summed E-state index contributed by atoms with van der Waals surface area (Å²) in [5.74, 6) is 2.16. The molecule has 0 aliphatic carbocycles. The Morgan fingerprint density at radius 2 is 2.08 bits per heavy atom. The van der Waals surface area contributed by atoms with Crippen molar-refractivity contribution in [1.82, 2.24) is 10.6 Å². The van der Waals surface area contributed by atoms with E-state index in [-0.39, 0.29) is 11.9 Å². The zero-order chi connectivity index (χ0) is 17.4. The molecule has 2 rings (SSSR count). The molecule has 0 bridgehead atoms. The van der Waals surface area contributed by atoms with E-state index in [1.54, 1.807) is 7.11 Å². The highest BCUT2D eigenvalue weighted by atomic mass is 16.5. The Balaban J connectivity index is 1.68. The first kappa shape index (κ1) is 18.8. The predicted octanol–water partition coefficient (Wildman–Crippen LogP) is 3.16. The van der Waals surface area contributed by atoms with E-state index in [1.165, 1.54) is 18.4 Å². The van der Waals surface area contributed by atoms with Crippen LogP contribution in [0, 0.1) is 11.8 Å². The molecule has 3 atom stereocenters. The van der Waals surface area contributed by atoms with Crippen molar-refractivity contribution >= 4 is 5.91 Å². The van der Waals surface area contributed by atoms with Gasteiger partial charge in [-0.2, -0.15) is 0 Å². The summed E-state index contributed by atoms with van der Waals surface area (Å²) in [6.07, 6.45) is 5.04. The molecule has 1 saturated heterocycles. The molecule has 1 aromatic rings. The SMILES string of the molecule is COc1ccc(CCC(C)NC(=O)CC(C)C2CCCNC2)cc1. The van der Waals surface area contributed by atoms with E-state index < -0.39 is 0 Å². The van der Waals surface area contributed by atoms with Gasteiger partial charge in [0.05, 0.1) is 7.11 Å². The Hall–Kier alpha value is -1.55. The van der Waals surface area contributed by atoms with Crippen molar-refractivity contribution in [3.8, 4) is 5.75 Å². The number of benzene rings is 1. The summed E-state index contributed by atoms with van der Waals surface area (Å²) in [6.45, 7) is 6.48. The number of piperidine rings is 1. The lowest BCUT2D eigenvalue weighted by atomic mass is 9.85. The summed E-state index contributed by atoms with van der Waals surface area (Å²) in [5, 5.41) is 6.59. The molecule has 0 spiro atoms. The zero-order valence-corrected chi connectivity index (χ0v) is 15.3. The Morgan fingerprint density at radius 1 is 1.33 bits per heavy atom. The van der Waals surface area contributed by atoms with Gasteiger partial charge in [-0.25, -0.2) is 0 Å². The van der Waals surface area contributed by atoms with Crippen molar-refractivity contribution in [3.05, 3.63) is 29.8 Å². The largest absolute Gasteiger partial charge is 0.497 e. The van der Waals surface area contributed by atoms with Crippen LogP contribution >= 0.6 is 0 Å². The van der Waals surface area contributed by atoms with Gasteiger partial charge < -0.3 is 15.4 Å². The predicted molar refractivity (Wildman–Crippen MR) is 98.3 cm³/mol. The lowest BCUT2D eigenvalue weighted by molar-refractivity contribution is -0.123. The number of hydrogen-bond acceptors (Lipinski definition) is 3. The molecule has 1 heterocycles. The maximum absolute atomic E-state index is 12.3. The van der Waals surface area contributed by atoms with E-state index in [1.807, 2.05) is 12.1 Å². The number of carbonyl (C=O) groups excluding carboxylic acids is 1. The van der Waals surface area contributed by atoms with Gasteiger partial charge >= 0.3 is 0 Å². The van der Waals surface area contributed by atoms with Gasteiger partial charge in [0.15, 0.2) is 0 Å². The number of ether oxygens (including phenoxy) is 1. The van der Waals surface area contributed by atoms with Crippen molar-refractivity contribution in [2.45, 2.75) is 52.0 Å². The minimum absolute atomic E-state index is 0.190. The summed E-state index contributed by atoms with van der Waals surface area (Å²) in [5.41, 5.74) is 1.28. The summed E-state index contributed by atoms with van der Waals surface area (Å²) in [7, 11) is 1.68. The van der Waals surface area contributed by atoms with Gasteiger partial charge in [0.25, 0.3) is 0 Å². The first-order valence-corrected chi connectivity index (χ1v) is 9.21.